The molecular formula is C23H27N. The first-order valence-electron chi connectivity index (χ1n) is 8.75. The van der Waals surface area contributed by atoms with Crippen LogP contribution in [-0.2, 0) is 0 Å². The Hall–Kier alpha value is -2.28. The molecule has 2 aromatic carbocycles. The van der Waals surface area contributed by atoms with Crippen molar-refractivity contribution in [3.63, 3.8) is 0 Å². The summed E-state index contributed by atoms with van der Waals surface area (Å²) in [5.74, 6) is 0.470. The van der Waals surface area contributed by atoms with Gasteiger partial charge in [0.05, 0.1) is 6.04 Å². The standard InChI is InChI=1S/C23H27N/c1-16-6-10-21(11-7-16)24(22-12-8-17(2)9-13-22)23-19(4)14-18(3)15-20(23)5/h6-15,19,23H,1-5H3. The smallest absolute Gasteiger partial charge is 0.0612 e. The van der Waals surface area contributed by atoms with E-state index in [0.29, 0.717) is 12.0 Å². The highest BCUT2D eigenvalue weighted by molar-refractivity contribution is 5.67. The third kappa shape index (κ3) is 3.31. The van der Waals surface area contributed by atoms with Crippen molar-refractivity contribution in [2.75, 3.05) is 4.90 Å². The van der Waals surface area contributed by atoms with E-state index in [9.17, 15) is 0 Å². The fourth-order valence-electron chi connectivity index (χ4n) is 3.73. The molecule has 2 unspecified atom stereocenters. The average Bonchev–Trinajstić information content (AvgIpc) is 2.53. The molecule has 1 heteroatoms. The SMILES string of the molecule is CC1=CC(C)C(N(c2ccc(C)cc2)c2ccc(C)cc2)C(C)=C1. The summed E-state index contributed by atoms with van der Waals surface area (Å²) in [5, 5.41) is 0. The lowest BCUT2D eigenvalue weighted by molar-refractivity contribution is 0.578. The maximum atomic E-state index is 2.48. The molecule has 2 atom stereocenters. The van der Waals surface area contributed by atoms with Crippen LogP contribution in [0.4, 0.5) is 11.4 Å². The van der Waals surface area contributed by atoms with Gasteiger partial charge in [-0.1, -0.05) is 60.0 Å². The fraction of sp³-hybridized carbons (Fsp3) is 0.304. The van der Waals surface area contributed by atoms with E-state index in [1.54, 1.807) is 0 Å². The molecule has 0 aromatic heterocycles. The molecule has 0 radical (unpaired) electrons. The highest BCUT2D eigenvalue weighted by atomic mass is 15.2. The fourth-order valence-corrected chi connectivity index (χ4v) is 3.73. The van der Waals surface area contributed by atoms with Crippen LogP contribution >= 0.6 is 0 Å². The molecule has 0 heterocycles. The van der Waals surface area contributed by atoms with Crippen molar-refractivity contribution in [2.24, 2.45) is 5.92 Å². The molecule has 24 heavy (non-hydrogen) atoms. The number of anilines is 2. The highest BCUT2D eigenvalue weighted by Crippen LogP contribution is 2.36. The topological polar surface area (TPSA) is 3.24 Å². The second kappa shape index (κ2) is 6.68. The van der Waals surface area contributed by atoms with Crippen molar-refractivity contribution >= 4 is 11.4 Å². The minimum absolute atomic E-state index is 0.346. The van der Waals surface area contributed by atoms with Gasteiger partial charge in [0.2, 0.25) is 0 Å². The number of nitrogens with zero attached hydrogens (tertiary/aromatic N) is 1. The van der Waals surface area contributed by atoms with Crippen molar-refractivity contribution in [1.29, 1.82) is 0 Å². The molecule has 0 aliphatic heterocycles. The largest absolute Gasteiger partial charge is 0.334 e. The van der Waals surface area contributed by atoms with Gasteiger partial charge in [-0.25, -0.2) is 0 Å². The van der Waals surface area contributed by atoms with Gasteiger partial charge in [-0.3, -0.25) is 0 Å². The molecule has 3 rings (SSSR count). The summed E-state index contributed by atoms with van der Waals surface area (Å²) >= 11 is 0. The molecule has 0 saturated heterocycles. The predicted octanol–water partition coefficient (Wildman–Crippen LogP) is 6.35. The maximum Gasteiger partial charge on any atom is 0.0612 e. The Morgan fingerprint density at radius 3 is 1.58 bits per heavy atom. The molecule has 2 aromatic rings. The van der Waals surface area contributed by atoms with Crippen LogP contribution in [0.5, 0.6) is 0 Å². The number of rotatable bonds is 3. The van der Waals surface area contributed by atoms with Crippen LogP contribution in [-0.4, -0.2) is 6.04 Å². The molecule has 0 saturated carbocycles. The van der Waals surface area contributed by atoms with Crippen LogP contribution < -0.4 is 4.90 Å². The average molecular weight is 317 g/mol. The van der Waals surface area contributed by atoms with Crippen molar-refractivity contribution in [3.05, 3.63) is 83.0 Å². The van der Waals surface area contributed by atoms with Crippen LogP contribution in [0.25, 0.3) is 0 Å². The zero-order valence-corrected chi connectivity index (χ0v) is 15.4. The quantitative estimate of drug-likeness (QED) is 0.637. The van der Waals surface area contributed by atoms with E-state index in [1.807, 2.05) is 0 Å². The summed E-state index contributed by atoms with van der Waals surface area (Å²) in [6, 6.07) is 18.1. The molecule has 124 valence electrons. The second-order valence-corrected chi connectivity index (χ2v) is 7.14. The van der Waals surface area contributed by atoms with E-state index in [4.69, 9.17) is 0 Å². The Labute approximate surface area is 146 Å². The predicted molar refractivity (Wildman–Crippen MR) is 105 cm³/mol. The Balaban J connectivity index is 2.10. The van der Waals surface area contributed by atoms with Crippen LogP contribution in [0.1, 0.15) is 31.9 Å². The van der Waals surface area contributed by atoms with Gasteiger partial charge in [-0.2, -0.15) is 0 Å². The zero-order chi connectivity index (χ0) is 17.3. The van der Waals surface area contributed by atoms with Crippen LogP contribution in [0.15, 0.2) is 71.8 Å². The molecule has 1 aliphatic rings. The van der Waals surface area contributed by atoms with E-state index < -0.39 is 0 Å². The van der Waals surface area contributed by atoms with Gasteiger partial charge in [0.15, 0.2) is 0 Å². The van der Waals surface area contributed by atoms with Gasteiger partial charge in [0.25, 0.3) is 0 Å². The number of allylic oxidation sites excluding steroid dienone is 2. The molecule has 0 spiro atoms. The third-order valence-corrected chi connectivity index (χ3v) is 4.85. The molecule has 0 amide bonds. The Bertz CT molecular complexity index is 717. The normalized spacial score (nSPS) is 20.4. The molecule has 0 N–H and O–H groups in total. The first-order valence-corrected chi connectivity index (χ1v) is 8.75. The van der Waals surface area contributed by atoms with Crippen LogP contribution in [0.3, 0.4) is 0 Å². The summed E-state index contributed by atoms with van der Waals surface area (Å²) < 4.78 is 0. The number of aryl methyl sites for hydroxylation is 2. The Morgan fingerprint density at radius 2 is 1.17 bits per heavy atom. The van der Waals surface area contributed by atoms with E-state index in [2.05, 4.69) is 100 Å². The number of hydrogen-bond donors (Lipinski definition) is 0. The van der Waals surface area contributed by atoms with Gasteiger partial charge >= 0.3 is 0 Å². The van der Waals surface area contributed by atoms with E-state index >= 15 is 0 Å². The molecular weight excluding hydrogens is 290 g/mol. The molecule has 1 nitrogen and oxygen atoms in total. The van der Waals surface area contributed by atoms with Crippen molar-refractivity contribution in [3.8, 4) is 0 Å². The van der Waals surface area contributed by atoms with Gasteiger partial charge in [-0.15, -0.1) is 0 Å². The van der Waals surface area contributed by atoms with E-state index in [0.717, 1.165) is 0 Å². The van der Waals surface area contributed by atoms with Gasteiger partial charge in [0.1, 0.15) is 0 Å². The number of benzene rings is 2. The first kappa shape index (κ1) is 16.6. The first-order chi connectivity index (χ1) is 11.5. The Kier molecular flexibility index (Phi) is 4.62. The minimum Gasteiger partial charge on any atom is -0.334 e. The second-order valence-electron chi connectivity index (χ2n) is 7.14. The van der Waals surface area contributed by atoms with Crippen molar-refractivity contribution in [2.45, 2.75) is 40.7 Å². The summed E-state index contributed by atoms with van der Waals surface area (Å²) in [7, 11) is 0. The summed E-state index contributed by atoms with van der Waals surface area (Å²) in [5.41, 5.74) is 7.88. The van der Waals surface area contributed by atoms with Gasteiger partial charge in [0, 0.05) is 11.4 Å². The lowest BCUT2D eigenvalue weighted by Gasteiger charge is -2.39. The van der Waals surface area contributed by atoms with Crippen LogP contribution in [0.2, 0.25) is 0 Å². The van der Waals surface area contributed by atoms with Gasteiger partial charge in [-0.05, 0) is 63.5 Å². The molecule has 0 bridgehead atoms. The van der Waals surface area contributed by atoms with Crippen LogP contribution in [0, 0.1) is 19.8 Å². The minimum atomic E-state index is 0.346. The van der Waals surface area contributed by atoms with E-state index in [1.165, 1.54) is 33.6 Å². The van der Waals surface area contributed by atoms with Gasteiger partial charge < -0.3 is 4.90 Å². The lowest BCUT2D eigenvalue weighted by atomic mass is 9.86. The summed E-state index contributed by atoms with van der Waals surface area (Å²) in [4.78, 5) is 2.48. The third-order valence-electron chi connectivity index (χ3n) is 4.85. The van der Waals surface area contributed by atoms with Crippen molar-refractivity contribution < 1.29 is 0 Å². The summed E-state index contributed by atoms with van der Waals surface area (Å²) in [6.45, 7) is 11.0. The van der Waals surface area contributed by atoms with E-state index in [-0.39, 0.29) is 0 Å². The zero-order valence-electron chi connectivity index (χ0n) is 15.4. The van der Waals surface area contributed by atoms with Crippen molar-refractivity contribution in [1.82, 2.24) is 0 Å². The monoisotopic (exact) mass is 317 g/mol. The molecule has 1 aliphatic carbocycles. The summed E-state index contributed by atoms with van der Waals surface area (Å²) in [6.07, 6.45) is 4.70. The lowest BCUT2D eigenvalue weighted by Crippen LogP contribution is -2.38. The Morgan fingerprint density at radius 1 is 0.708 bits per heavy atom. The molecule has 0 fully saturated rings. The number of hydrogen-bond acceptors (Lipinski definition) is 1. The maximum absolute atomic E-state index is 2.48. The highest BCUT2D eigenvalue weighted by Gasteiger charge is 2.28.